The fraction of sp³-hybridized carbons (Fsp3) is 0.278. The van der Waals surface area contributed by atoms with E-state index in [1.807, 2.05) is 12.1 Å². The Balaban J connectivity index is 1.71. The van der Waals surface area contributed by atoms with Gasteiger partial charge in [0.1, 0.15) is 0 Å². The molecule has 1 aromatic carbocycles. The number of anilines is 1. The summed E-state index contributed by atoms with van der Waals surface area (Å²) in [6.45, 7) is 3.34. The van der Waals surface area contributed by atoms with Crippen LogP contribution in [0.4, 0.5) is 5.69 Å². The molecule has 6 nitrogen and oxygen atoms in total. The van der Waals surface area contributed by atoms with Crippen molar-refractivity contribution in [3.05, 3.63) is 59.9 Å². The molecule has 24 heavy (non-hydrogen) atoms. The number of esters is 1. The van der Waals surface area contributed by atoms with Crippen molar-refractivity contribution in [2.75, 3.05) is 18.5 Å². The molecule has 2 N–H and O–H groups in total. The Bertz CT molecular complexity index is 657. The SMILES string of the molecule is CCOC(=O)c1ccc(NC(=O)CCNCc2cccnc2)cc1. The van der Waals surface area contributed by atoms with Gasteiger partial charge < -0.3 is 15.4 Å². The van der Waals surface area contributed by atoms with Crippen LogP contribution in [-0.4, -0.2) is 30.0 Å². The number of carbonyl (C=O) groups is 2. The topological polar surface area (TPSA) is 80.3 Å². The van der Waals surface area contributed by atoms with Gasteiger partial charge in [-0.3, -0.25) is 9.78 Å². The maximum atomic E-state index is 11.9. The van der Waals surface area contributed by atoms with Gasteiger partial charge in [-0.25, -0.2) is 4.79 Å². The number of ether oxygens (including phenoxy) is 1. The lowest BCUT2D eigenvalue weighted by Crippen LogP contribution is -2.21. The number of nitrogens with one attached hydrogen (secondary N) is 2. The standard InChI is InChI=1S/C18H21N3O3/c1-2-24-18(23)15-5-7-16(8-6-15)21-17(22)9-11-20-13-14-4-3-10-19-12-14/h3-8,10,12,20H,2,9,11,13H2,1H3,(H,21,22). The van der Waals surface area contributed by atoms with Crippen molar-refractivity contribution in [3.8, 4) is 0 Å². The van der Waals surface area contributed by atoms with Gasteiger partial charge in [0.25, 0.3) is 0 Å². The van der Waals surface area contributed by atoms with E-state index in [0.29, 0.717) is 37.4 Å². The van der Waals surface area contributed by atoms with E-state index < -0.39 is 0 Å². The molecule has 1 amide bonds. The first kappa shape index (κ1) is 17.6. The van der Waals surface area contributed by atoms with Crippen LogP contribution in [0.2, 0.25) is 0 Å². The first-order valence-electron chi connectivity index (χ1n) is 7.85. The highest BCUT2D eigenvalue weighted by Crippen LogP contribution is 2.11. The number of rotatable bonds is 8. The summed E-state index contributed by atoms with van der Waals surface area (Å²) in [6, 6.07) is 10.5. The molecular formula is C18H21N3O3. The Hall–Kier alpha value is -2.73. The highest BCUT2D eigenvalue weighted by molar-refractivity contribution is 5.93. The minimum atomic E-state index is -0.366. The maximum absolute atomic E-state index is 11.9. The van der Waals surface area contributed by atoms with Gasteiger partial charge in [0.05, 0.1) is 12.2 Å². The van der Waals surface area contributed by atoms with E-state index in [-0.39, 0.29) is 11.9 Å². The van der Waals surface area contributed by atoms with E-state index in [2.05, 4.69) is 15.6 Å². The fourth-order valence-electron chi connectivity index (χ4n) is 2.06. The molecule has 0 aliphatic carbocycles. The van der Waals surface area contributed by atoms with Crippen molar-refractivity contribution in [2.45, 2.75) is 19.9 Å². The summed E-state index contributed by atoms with van der Waals surface area (Å²) in [5.41, 5.74) is 2.20. The molecule has 1 aromatic heterocycles. The Morgan fingerprint density at radius 2 is 1.96 bits per heavy atom. The number of benzene rings is 1. The molecule has 0 aliphatic rings. The number of aromatic nitrogens is 1. The molecule has 0 fully saturated rings. The largest absolute Gasteiger partial charge is 0.462 e. The third kappa shape index (κ3) is 5.81. The number of nitrogens with zero attached hydrogens (tertiary/aromatic N) is 1. The van der Waals surface area contributed by atoms with Gasteiger partial charge in [0.2, 0.25) is 5.91 Å². The molecule has 1 heterocycles. The van der Waals surface area contributed by atoms with Crippen LogP contribution in [0.5, 0.6) is 0 Å². The smallest absolute Gasteiger partial charge is 0.338 e. The molecule has 0 atom stereocenters. The summed E-state index contributed by atoms with van der Waals surface area (Å²) in [6.07, 6.45) is 3.88. The summed E-state index contributed by atoms with van der Waals surface area (Å²) < 4.78 is 4.91. The summed E-state index contributed by atoms with van der Waals surface area (Å²) >= 11 is 0. The van der Waals surface area contributed by atoms with E-state index in [0.717, 1.165) is 5.56 Å². The molecule has 0 unspecified atom stereocenters. The average Bonchev–Trinajstić information content (AvgIpc) is 2.60. The van der Waals surface area contributed by atoms with E-state index in [4.69, 9.17) is 4.74 Å². The Morgan fingerprint density at radius 1 is 1.17 bits per heavy atom. The predicted octanol–water partition coefficient (Wildman–Crippen LogP) is 2.38. The van der Waals surface area contributed by atoms with Gasteiger partial charge in [0.15, 0.2) is 0 Å². The second kappa shape index (κ2) is 9.42. The lowest BCUT2D eigenvalue weighted by atomic mass is 10.2. The van der Waals surface area contributed by atoms with Crippen molar-refractivity contribution in [3.63, 3.8) is 0 Å². The number of hydrogen-bond acceptors (Lipinski definition) is 5. The molecule has 0 radical (unpaired) electrons. The van der Waals surface area contributed by atoms with Crippen LogP contribution in [0.25, 0.3) is 0 Å². The predicted molar refractivity (Wildman–Crippen MR) is 91.6 cm³/mol. The maximum Gasteiger partial charge on any atom is 0.338 e. The molecule has 0 bridgehead atoms. The Morgan fingerprint density at radius 3 is 2.62 bits per heavy atom. The quantitative estimate of drug-likeness (QED) is 0.575. The second-order valence-corrected chi connectivity index (χ2v) is 5.13. The molecule has 2 aromatic rings. The third-order valence-corrected chi connectivity index (χ3v) is 3.26. The van der Waals surface area contributed by atoms with Crippen LogP contribution in [0.3, 0.4) is 0 Å². The first-order chi connectivity index (χ1) is 11.7. The zero-order valence-corrected chi connectivity index (χ0v) is 13.6. The zero-order chi connectivity index (χ0) is 17.2. The fourth-order valence-corrected chi connectivity index (χ4v) is 2.06. The molecule has 0 aliphatic heterocycles. The third-order valence-electron chi connectivity index (χ3n) is 3.26. The van der Waals surface area contributed by atoms with Crippen molar-refractivity contribution in [2.24, 2.45) is 0 Å². The highest BCUT2D eigenvalue weighted by atomic mass is 16.5. The van der Waals surface area contributed by atoms with Crippen molar-refractivity contribution in [1.82, 2.24) is 10.3 Å². The van der Waals surface area contributed by atoms with Crippen LogP contribution in [0, 0.1) is 0 Å². The van der Waals surface area contributed by atoms with Crippen LogP contribution in [0.1, 0.15) is 29.3 Å². The normalized spacial score (nSPS) is 10.2. The monoisotopic (exact) mass is 327 g/mol. The van der Waals surface area contributed by atoms with Gasteiger partial charge in [-0.1, -0.05) is 6.07 Å². The molecule has 6 heteroatoms. The number of carbonyl (C=O) groups excluding carboxylic acids is 2. The number of pyridine rings is 1. The highest BCUT2D eigenvalue weighted by Gasteiger charge is 2.07. The second-order valence-electron chi connectivity index (χ2n) is 5.13. The minimum absolute atomic E-state index is 0.0856. The number of amides is 1. The minimum Gasteiger partial charge on any atom is -0.462 e. The van der Waals surface area contributed by atoms with Crippen molar-refractivity contribution >= 4 is 17.6 Å². The summed E-state index contributed by atoms with van der Waals surface area (Å²) in [5.74, 6) is -0.451. The molecular weight excluding hydrogens is 306 g/mol. The van der Waals surface area contributed by atoms with Gasteiger partial charge in [-0.05, 0) is 42.8 Å². The average molecular weight is 327 g/mol. The van der Waals surface area contributed by atoms with Crippen LogP contribution >= 0.6 is 0 Å². The first-order valence-corrected chi connectivity index (χ1v) is 7.85. The molecule has 0 saturated carbocycles. The summed E-state index contributed by atoms with van der Waals surface area (Å²) in [5, 5.41) is 5.99. The lowest BCUT2D eigenvalue weighted by Gasteiger charge is -2.07. The van der Waals surface area contributed by atoms with Crippen LogP contribution in [-0.2, 0) is 16.1 Å². The van der Waals surface area contributed by atoms with Crippen LogP contribution in [0.15, 0.2) is 48.8 Å². The van der Waals surface area contributed by atoms with Gasteiger partial charge in [-0.15, -0.1) is 0 Å². The van der Waals surface area contributed by atoms with Crippen molar-refractivity contribution in [1.29, 1.82) is 0 Å². The molecule has 2 rings (SSSR count). The Kier molecular flexibility index (Phi) is 6.91. The van der Waals surface area contributed by atoms with E-state index in [1.54, 1.807) is 43.6 Å². The van der Waals surface area contributed by atoms with Gasteiger partial charge in [0, 0.05) is 37.6 Å². The molecule has 126 valence electrons. The molecule has 0 saturated heterocycles. The summed E-state index contributed by atoms with van der Waals surface area (Å²) in [4.78, 5) is 27.5. The van der Waals surface area contributed by atoms with Gasteiger partial charge in [-0.2, -0.15) is 0 Å². The zero-order valence-electron chi connectivity index (χ0n) is 13.6. The van der Waals surface area contributed by atoms with Crippen molar-refractivity contribution < 1.29 is 14.3 Å². The van der Waals surface area contributed by atoms with Gasteiger partial charge >= 0.3 is 5.97 Å². The Labute approximate surface area is 141 Å². The number of hydrogen-bond donors (Lipinski definition) is 2. The van der Waals surface area contributed by atoms with E-state index in [1.165, 1.54) is 0 Å². The molecule has 0 spiro atoms. The lowest BCUT2D eigenvalue weighted by molar-refractivity contribution is -0.116. The van der Waals surface area contributed by atoms with E-state index >= 15 is 0 Å². The van der Waals surface area contributed by atoms with E-state index in [9.17, 15) is 9.59 Å². The van der Waals surface area contributed by atoms with Crippen LogP contribution < -0.4 is 10.6 Å². The summed E-state index contributed by atoms with van der Waals surface area (Å²) in [7, 11) is 0.